The molecule has 0 amide bonds. The van der Waals surface area contributed by atoms with Gasteiger partial charge in [-0.3, -0.25) is 9.78 Å². The molecule has 1 unspecified atom stereocenters. The van der Waals surface area contributed by atoms with Crippen LogP contribution < -0.4 is 0 Å². The molecule has 0 aliphatic heterocycles. The van der Waals surface area contributed by atoms with E-state index in [1.54, 1.807) is 6.20 Å². The molecule has 120 valence electrons. The zero-order chi connectivity index (χ0) is 16.7. The summed E-state index contributed by atoms with van der Waals surface area (Å²) in [6, 6.07) is 11.7. The number of rotatable bonds is 3. The Morgan fingerprint density at radius 3 is 2.65 bits per heavy atom. The minimum atomic E-state index is -1.87. The van der Waals surface area contributed by atoms with E-state index in [1.165, 1.54) is 0 Å². The van der Waals surface area contributed by atoms with E-state index in [4.69, 9.17) is 4.43 Å². The summed E-state index contributed by atoms with van der Waals surface area (Å²) < 4.78 is 7.63. The Morgan fingerprint density at radius 1 is 1.22 bits per heavy atom. The summed E-state index contributed by atoms with van der Waals surface area (Å²) in [5.41, 5.74) is 1.93. The van der Waals surface area contributed by atoms with Crippen molar-refractivity contribution in [3.8, 4) is 0 Å². The quantitative estimate of drug-likeness (QED) is 0.699. The van der Waals surface area contributed by atoms with Crippen LogP contribution in [0, 0.1) is 0 Å². The molecule has 3 nitrogen and oxygen atoms in total. The Labute approximate surface area is 146 Å². The SMILES string of the molecule is C[Si](C)(C)OC1(c2ccccn2)CCC(=O)c2ccc(Br)cc21. The van der Waals surface area contributed by atoms with Gasteiger partial charge in [0, 0.05) is 28.2 Å². The van der Waals surface area contributed by atoms with Crippen LogP contribution in [0.4, 0.5) is 0 Å². The van der Waals surface area contributed by atoms with Crippen LogP contribution in [0.15, 0.2) is 47.1 Å². The second-order valence-corrected chi connectivity index (χ2v) is 12.2. The summed E-state index contributed by atoms with van der Waals surface area (Å²) in [6.07, 6.45) is 2.91. The Hall–Kier alpha value is -1.30. The highest BCUT2D eigenvalue weighted by atomic mass is 79.9. The van der Waals surface area contributed by atoms with Crippen LogP contribution in [-0.4, -0.2) is 19.1 Å². The largest absolute Gasteiger partial charge is 0.403 e. The number of aromatic nitrogens is 1. The predicted molar refractivity (Wildman–Crippen MR) is 97.2 cm³/mol. The Kier molecular flexibility index (Phi) is 4.29. The van der Waals surface area contributed by atoms with E-state index in [9.17, 15) is 4.79 Å². The molecule has 1 atom stereocenters. The van der Waals surface area contributed by atoms with Crippen LogP contribution in [0.3, 0.4) is 0 Å². The summed E-state index contributed by atoms with van der Waals surface area (Å²) in [7, 11) is -1.87. The number of nitrogens with zero attached hydrogens (tertiary/aromatic N) is 1. The smallest absolute Gasteiger partial charge is 0.185 e. The number of hydrogen-bond donors (Lipinski definition) is 0. The van der Waals surface area contributed by atoms with E-state index in [2.05, 4.69) is 40.6 Å². The van der Waals surface area contributed by atoms with Crippen molar-refractivity contribution in [3.05, 3.63) is 63.9 Å². The fourth-order valence-corrected chi connectivity index (χ4v) is 4.92. The molecule has 1 aliphatic rings. The minimum Gasteiger partial charge on any atom is -0.403 e. The summed E-state index contributed by atoms with van der Waals surface area (Å²) in [5.74, 6) is 0.179. The minimum absolute atomic E-state index is 0.179. The lowest BCUT2D eigenvalue weighted by molar-refractivity contribution is 0.0654. The first-order valence-electron chi connectivity index (χ1n) is 7.77. The van der Waals surface area contributed by atoms with Crippen LogP contribution in [0.1, 0.15) is 34.5 Å². The number of ketones is 1. The zero-order valence-corrected chi connectivity index (χ0v) is 16.2. The lowest BCUT2D eigenvalue weighted by Crippen LogP contribution is -2.45. The molecule has 23 heavy (non-hydrogen) atoms. The second-order valence-electron chi connectivity index (χ2n) is 6.87. The maximum Gasteiger partial charge on any atom is 0.185 e. The van der Waals surface area contributed by atoms with Crippen LogP contribution in [0.25, 0.3) is 0 Å². The summed E-state index contributed by atoms with van der Waals surface area (Å²) in [4.78, 5) is 17.0. The van der Waals surface area contributed by atoms with Gasteiger partial charge in [-0.1, -0.05) is 22.0 Å². The van der Waals surface area contributed by atoms with Gasteiger partial charge in [0.2, 0.25) is 0 Å². The van der Waals surface area contributed by atoms with Gasteiger partial charge in [0.05, 0.1) is 5.69 Å². The first-order chi connectivity index (χ1) is 10.8. The van der Waals surface area contributed by atoms with E-state index in [0.29, 0.717) is 12.8 Å². The van der Waals surface area contributed by atoms with E-state index in [1.807, 2.05) is 36.4 Å². The monoisotopic (exact) mass is 389 g/mol. The molecule has 1 aliphatic carbocycles. The van der Waals surface area contributed by atoms with E-state index >= 15 is 0 Å². The topological polar surface area (TPSA) is 39.2 Å². The Morgan fingerprint density at radius 2 is 2.00 bits per heavy atom. The van der Waals surface area contributed by atoms with Gasteiger partial charge >= 0.3 is 0 Å². The van der Waals surface area contributed by atoms with Crippen molar-refractivity contribution in [1.82, 2.24) is 4.98 Å². The molecule has 0 radical (unpaired) electrons. The number of carbonyl (C=O) groups is 1. The van der Waals surface area contributed by atoms with Crippen LogP contribution in [0.5, 0.6) is 0 Å². The third kappa shape index (κ3) is 3.18. The van der Waals surface area contributed by atoms with E-state index in [-0.39, 0.29) is 5.78 Å². The van der Waals surface area contributed by atoms with Crippen LogP contribution in [-0.2, 0) is 10.0 Å². The van der Waals surface area contributed by atoms with Crippen LogP contribution >= 0.6 is 15.9 Å². The molecule has 1 aromatic carbocycles. The lowest BCUT2D eigenvalue weighted by Gasteiger charge is -2.42. The third-order valence-electron chi connectivity index (χ3n) is 3.98. The molecular weight excluding hydrogens is 370 g/mol. The Bertz CT molecular complexity index is 742. The molecule has 0 saturated heterocycles. The van der Waals surface area contributed by atoms with Gasteiger partial charge in [0.15, 0.2) is 14.1 Å². The number of benzene rings is 1. The highest BCUT2D eigenvalue weighted by Gasteiger charge is 2.45. The summed E-state index contributed by atoms with van der Waals surface area (Å²) in [6.45, 7) is 6.52. The fraction of sp³-hybridized carbons (Fsp3) is 0.333. The first-order valence-corrected chi connectivity index (χ1v) is 12.0. The molecule has 0 N–H and O–H groups in total. The predicted octanol–water partition coefficient (Wildman–Crippen LogP) is 4.92. The summed E-state index contributed by atoms with van der Waals surface area (Å²) >= 11 is 3.54. The maximum absolute atomic E-state index is 12.4. The van der Waals surface area contributed by atoms with Gasteiger partial charge in [-0.05, 0) is 56.4 Å². The lowest BCUT2D eigenvalue weighted by atomic mass is 9.76. The van der Waals surface area contributed by atoms with Crippen molar-refractivity contribution in [3.63, 3.8) is 0 Å². The van der Waals surface area contributed by atoms with Crippen molar-refractivity contribution in [1.29, 1.82) is 0 Å². The Balaban J connectivity index is 2.27. The molecular formula is C18H20BrNO2Si. The van der Waals surface area contributed by atoms with Crippen molar-refractivity contribution in [2.24, 2.45) is 0 Å². The van der Waals surface area contributed by atoms with Gasteiger partial charge in [0.1, 0.15) is 5.60 Å². The average Bonchev–Trinajstić information content (AvgIpc) is 2.50. The maximum atomic E-state index is 12.4. The third-order valence-corrected chi connectivity index (χ3v) is 5.43. The number of hydrogen-bond acceptors (Lipinski definition) is 3. The van der Waals surface area contributed by atoms with Gasteiger partial charge in [-0.2, -0.15) is 0 Å². The molecule has 0 bridgehead atoms. The number of pyridine rings is 1. The van der Waals surface area contributed by atoms with Gasteiger partial charge in [-0.25, -0.2) is 0 Å². The number of Topliss-reactive ketones (excluding diaryl/α,β-unsaturated/α-hetero) is 1. The number of carbonyl (C=O) groups excluding carboxylic acids is 1. The highest BCUT2D eigenvalue weighted by molar-refractivity contribution is 9.10. The van der Waals surface area contributed by atoms with Crippen molar-refractivity contribution < 1.29 is 9.22 Å². The fourth-order valence-electron chi connectivity index (χ4n) is 3.20. The zero-order valence-electron chi connectivity index (χ0n) is 13.6. The summed E-state index contributed by atoms with van der Waals surface area (Å²) in [5, 5.41) is 0. The van der Waals surface area contributed by atoms with Gasteiger partial charge < -0.3 is 4.43 Å². The molecule has 1 aromatic heterocycles. The first kappa shape index (κ1) is 16.6. The van der Waals surface area contributed by atoms with Crippen molar-refractivity contribution >= 4 is 30.0 Å². The van der Waals surface area contributed by atoms with Crippen LogP contribution in [0.2, 0.25) is 19.6 Å². The van der Waals surface area contributed by atoms with Crippen molar-refractivity contribution in [2.75, 3.05) is 0 Å². The normalized spacial score (nSPS) is 21.1. The highest BCUT2D eigenvalue weighted by Crippen LogP contribution is 2.45. The average molecular weight is 390 g/mol. The van der Waals surface area contributed by atoms with Gasteiger partial charge in [-0.15, -0.1) is 0 Å². The molecule has 0 spiro atoms. The molecule has 0 saturated carbocycles. The molecule has 1 heterocycles. The molecule has 0 fully saturated rings. The van der Waals surface area contributed by atoms with E-state index in [0.717, 1.165) is 21.3 Å². The van der Waals surface area contributed by atoms with Crippen molar-refractivity contribution in [2.45, 2.75) is 38.1 Å². The molecule has 3 rings (SSSR count). The van der Waals surface area contributed by atoms with Gasteiger partial charge in [0.25, 0.3) is 0 Å². The van der Waals surface area contributed by atoms with E-state index < -0.39 is 13.9 Å². The number of fused-ring (bicyclic) bond motifs is 1. The molecule has 2 aromatic rings. The standard InChI is InChI=1S/C18H20BrNO2Si/c1-23(2,3)22-18(17-6-4-5-11-20-17)10-9-16(21)14-8-7-13(19)12-15(14)18/h4-8,11-12H,9-10H2,1-3H3. The number of halogens is 1. The molecule has 5 heteroatoms. The second kappa shape index (κ2) is 5.96.